The number of amides is 3. The van der Waals surface area contributed by atoms with Crippen LogP contribution in [0.1, 0.15) is 18.9 Å². The zero-order valence-corrected chi connectivity index (χ0v) is 13.9. The number of carbonyl (C=O) groups excluding carboxylic acids is 3. The number of hydrogen-bond donors (Lipinski definition) is 2. The fraction of sp³-hybridized carbons (Fsp3) is 0.211. The standard InChI is InChI=1S/C19H19N3O3/c1-13(23)20-15-7-9-16(10-8-15)21-18(24)12-22-17-5-3-2-4-14(17)6-11-19(22)25/h2-5,7-10H,6,11-12H2,1H3,(H,20,23)(H,21,24). The highest BCUT2D eigenvalue weighted by molar-refractivity contribution is 6.04. The summed E-state index contributed by atoms with van der Waals surface area (Å²) in [4.78, 5) is 37.1. The lowest BCUT2D eigenvalue weighted by Crippen LogP contribution is -2.40. The topological polar surface area (TPSA) is 78.5 Å². The number of para-hydroxylation sites is 1. The molecule has 0 aliphatic carbocycles. The van der Waals surface area contributed by atoms with Gasteiger partial charge < -0.3 is 15.5 Å². The molecule has 0 aromatic heterocycles. The van der Waals surface area contributed by atoms with E-state index in [2.05, 4.69) is 10.6 Å². The fourth-order valence-corrected chi connectivity index (χ4v) is 2.85. The van der Waals surface area contributed by atoms with Crippen LogP contribution in [0.3, 0.4) is 0 Å². The van der Waals surface area contributed by atoms with Crippen molar-refractivity contribution in [3.8, 4) is 0 Å². The molecule has 0 spiro atoms. The van der Waals surface area contributed by atoms with E-state index < -0.39 is 0 Å². The van der Waals surface area contributed by atoms with Crippen molar-refractivity contribution in [1.29, 1.82) is 0 Å². The van der Waals surface area contributed by atoms with E-state index in [-0.39, 0.29) is 24.3 Å². The molecule has 1 heterocycles. The summed E-state index contributed by atoms with van der Waals surface area (Å²) < 4.78 is 0. The van der Waals surface area contributed by atoms with Crippen LogP contribution in [-0.2, 0) is 20.8 Å². The van der Waals surface area contributed by atoms with Crippen molar-refractivity contribution in [2.45, 2.75) is 19.8 Å². The first-order chi connectivity index (χ1) is 12.0. The number of aryl methyl sites for hydroxylation is 1. The molecule has 2 aromatic rings. The lowest BCUT2D eigenvalue weighted by atomic mass is 10.0. The zero-order chi connectivity index (χ0) is 17.8. The summed E-state index contributed by atoms with van der Waals surface area (Å²) in [5.74, 6) is -0.466. The highest BCUT2D eigenvalue weighted by atomic mass is 16.2. The molecule has 0 unspecified atom stereocenters. The van der Waals surface area contributed by atoms with E-state index in [4.69, 9.17) is 0 Å². The summed E-state index contributed by atoms with van der Waals surface area (Å²) in [7, 11) is 0. The molecule has 3 rings (SSSR count). The molecule has 0 saturated heterocycles. The molecule has 0 fully saturated rings. The third-order valence-corrected chi connectivity index (χ3v) is 3.98. The van der Waals surface area contributed by atoms with Crippen molar-refractivity contribution in [2.75, 3.05) is 22.1 Å². The van der Waals surface area contributed by atoms with Crippen molar-refractivity contribution < 1.29 is 14.4 Å². The summed E-state index contributed by atoms with van der Waals surface area (Å²) in [5.41, 5.74) is 3.15. The van der Waals surface area contributed by atoms with Gasteiger partial charge in [-0.1, -0.05) is 18.2 Å². The number of nitrogens with zero attached hydrogens (tertiary/aromatic N) is 1. The van der Waals surface area contributed by atoms with E-state index in [1.807, 2.05) is 24.3 Å². The van der Waals surface area contributed by atoms with Crippen LogP contribution in [-0.4, -0.2) is 24.3 Å². The minimum Gasteiger partial charge on any atom is -0.326 e. The lowest BCUT2D eigenvalue weighted by Gasteiger charge is -2.28. The molecular formula is C19H19N3O3. The van der Waals surface area contributed by atoms with Gasteiger partial charge in [0.25, 0.3) is 0 Å². The minimum atomic E-state index is -0.266. The van der Waals surface area contributed by atoms with Gasteiger partial charge in [0.2, 0.25) is 17.7 Å². The number of nitrogens with one attached hydrogen (secondary N) is 2. The molecule has 0 bridgehead atoms. The first kappa shape index (κ1) is 16.7. The van der Waals surface area contributed by atoms with Gasteiger partial charge in [0.05, 0.1) is 0 Å². The maximum absolute atomic E-state index is 12.3. The average molecular weight is 337 g/mol. The Morgan fingerprint density at radius 3 is 2.28 bits per heavy atom. The number of hydrogen-bond acceptors (Lipinski definition) is 3. The molecule has 0 radical (unpaired) electrons. The Bertz CT molecular complexity index is 815. The molecule has 1 aliphatic heterocycles. The molecule has 0 atom stereocenters. The van der Waals surface area contributed by atoms with E-state index >= 15 is 0 Å². The second-order valence-corrected chi connectivity index (χ2v) is 5.92. The van der Waals surface area contributed by atoms with Crippen LogP contribution in [0, 0.1) is 0 Å². The van der Waals surface area contributed by atoms with Crippen LogP contribution < -0.4 is 15.5 Å². The quantitative estimate of drug-likeness (QED) is 0.900. The fourth-order valence-electron chi connectivity index (χ4n) is 2.85. The molecule has 6 nitrogen and oxygen atoms in total. The highest BCUT2D eigenvalue weighted by Gasteiger charge is 2.25. The van der Waals surface area contributed by atoms with Crippen molar-refractivity contribution in [3.05, 3.63) is 54.1 Å². The van der Waals surface area contributed by atoms with Crippen molar-refractivity contribution in [3.63, 3.8) is 0 Å². The number of anilines is 3. The van der Waals surface area contributed by atoms with Gasteiger partial charge in [0, 0.05) is 30.4 Å². The van der Waals surface area contributed by atoms with Gasteiger partial charge in [-0.25, -0.2) is 0 Å². The predicted molar refractivity (Wildman–Crippen MR) is 96.5 cm³/mol. The molecule has 128 valence electrons. The molecule has 0 saturated carbocycles. The Balaban J connectivity index is 1.66. The number of fused-ring (bicyclic) bond motifs is 1. The summed E-state index contributed by atoms with van der Waals surface area (Å²) in [5, 5.41) is 5.44. The van der Waals surface area contributed by atoms with Crippen LogP contribution >= 0.6 is 0 Å². The minimum absolute atomic E-state index is 0.0245. The van der Waals surface area contributed by atoms with Gasteiger partial charge in [-0.3, -0.25) is 14.4 Å². The van der Waals surface area contributed by atoms with Gasteiger partial charge in [0.15, 0.2) is 0 Å². The normalized spacial score (nSPS) is 13.2. The summed E-state index contributed by atoms with van der Waals surface area (Å²) >= 11 is 0. The Hall–Kier alpha value is -3.15. The summed E-state index contributed by atoms with van der Waals surface area (Å²) in [6, 6.07) is 14.5. The molecule has 1 aliphatic rings. The van der Waals surface area contributed by atoms with Crippen molar-refractivity contribution in [2.24, 2.45) is 0 Å². The smallest absolute Gasteiger partial charge is 0.244 e. The maximum atomic E-state index is 12.3. The summed E-state index contributed by atoms with van der Waals surface area (Å²) in [6.45, 7) is 1.41. The molecule has 6 heteroatoms. The van der Waals surface area contributed by atoms with Gasteiger partial charge >= 0.3 is 0 Å². The number of benzene rings is 2. The van der Waals surface area contributed by atoms with E-state index in [0.29, 0.717) is 24.2 Å². The van der Waals surface area contributed by atoms with Gasteiger partial charge in [-0.15, -0.1) is 0 Å². The second kappa shape index (κ2) is 7.17. The molecule has 3 amide bonds. The third kappa shape index (κ3) is 4.03. The van der Waals surface area contributed by atoms with Gasteiger partial charge in [-0.2, -0.15) is 0 Å². The summed E-state index contributed by atoms with van der Waals surface area (Å²) in [6.07, 6.45) is 1.12. The Morgan fingerprint density at radius 1 is 0.960 bits per heavy atom. The second-order valence-electron chi connectivity index (χ2n) is 5.92. The van der Waals surface area contributed by atoms with E-state index in [1.165, 1.54) is 11.8 Å². The third-order valence-electron chi connectivity index (χ3n) is 3.98. The first-order valence-electron chi connectivity index (χ1n) is 8.09. The van der Waals surface area contributed by atoms with Crippen LogP contribution in [0.2, 0.25) is 0 Å². The largest absolute Gasteiger partial charge is 0.326 e. The SMILES string of the molecule is CC(=O)Nc1ccc(NC(=O)CN2C(=O)CCc3ccccc32)cc1. The van der Waals surface area contributed by atoms with Crippen LogP contribution in [0.15, 0.2) is 48.5 Å². The van der Waals surface area contributed by atoms with E-state index in [1.54, 1.807) is 24.3 Å². The van der Waals surface area contributed by atoms with Crippen molar-refractivity contribution >= 4 is 34.8 Å². The van der Waals surface area contributed by atoms with Crippen LogP contribution in [0.5, 0.6) is 0 Å². The van der Waals surface area contributed by atoms with Gasteiger partial charge in [-0.05, 0) is 42.3 Å². The maximum Gasteiger partial charge on any atom is 0.244 e. The molecule has 25 heavy (non-hydrogen) atoms. The Kier molecular flexibility index (Phi) is 4.79. The first-order valence-corrected chi connectivity index (χ1v) is 8.09. The Morgan fingerprint density at radius 2 is 1.60 bits per heavy atom. The average Bonchev–Trinajstić information content (AvgIpc) is 2.59. The number of carbonyl (C=O) groups is 3. The zero-order valence-electron chi connectivity index (χ0n) is 13.9. The van der Waals surface area contributed by atoms with Gasteiger partial charge in [0.1, 0.15) is 6.54 Å². The highest BCUT2D eigenvalue weighted by Crippen LogP contribution is 2.27. The van der Waals surface area contributed by atoms with E-state index in [0.717, 1.165) is 11.3 Å². The van der Waals surface area contributed by atoms with Crippen molar-refractivity contribution in [1.82, 2.24) is 0 Å². The van der Waals surface area contributed by atoms with Crippen LogP contribution in [0.4, 0.5) is 17.1 Å². The van der Waals surface area contributed by atoms with E-state index in [9.17, 15) is 14.4 Å². The monoisotopic (exact) mass is 337 g/mol. The molecular weight excluding hydrogens is 318 g/mol. The lowest BCUT2D eigenvalue weighted by molar-refractivity contribution is -0.121. The Labute approximate surface area is 145 Å². The molecule has 2 N–H and O–H groups in total. The molecule has 2 aromatic carbocycles. The number of rotatable bonds is 4. The van der Waals surface area contributed by atoms with Crippen LogP contribution in [0.25, 0.3) is 0 Å². The predicted octanol–water partition coefficient (Wildman–Crippen LogP) is 2.56.